The summed E-state index contributed by atoms with van der Waals surface area (Å²) >= 11 is 0. The van der Waals surface area contributed by atoms with Gasteiger partial charge in [0.2, 0.25) is 5.95 Å². The van der Waals surface area contributed by atoms with E-state index in [9.17, 15) is 0 Å². The summed E-state index contributed by atoms with van der Waals surface area (Å²) in [5.41, 5.74) is 2.29. The Balaban J connectivity index is 1.53. The SMILES string of the molecule is COc1ccccc1CN(Cc1ccnc(N2CCOCC2)n1)C1CCN(C)CC1. The first-order valence-corrected chi connectivity index (χ1v) is 10.9. The van der Waals surface area contributed by atoms with Gasteiger partial charge in [-0.05, 0) is 45.1 Å². The average molecular weight is 412 g/mol. The maximum absolute atomic E-state index is 5.62. The first-order chi connectivity index (χ1) is 14.7. The maximum Gasteiger partial charge on any atom is 0.225 e. The molecule has 2 aliphatic rings. The molecule has 1 aromatic heterocycles. The van der Waals surface area contributed by atoms with Crippen LogP contribution in [0.4, 0.5) is 5.95 Å². The third kappa shape index (κ3) is 5.28. The number of likely N-dealkylation sites (tertiary alicyclic amines) is 1. The fraction of sp³-hybridized carbons (Fsp3) is 0.565. The van der Waals surface area contributed by atoms with Crippen LogP contribution in [-0.4, -0.2) is 79.4 Å². The molecule has 0 amide bonds. The van der Waals surface area contributed by atoms with Crippen molar-refractivity contribution >= 4 is 5.95 Å². The van der Waals surface area contributed by atoms with Gasteiger partial charge in [0, 0.05) is 44.0 Å². The molecule has 7 nitrogen and oxygen atoms in total. The van der Waals surface area contributed by atoms with E-state index in [1.54, 1.807) is 7.11 Å². The van der Waals surface area contributed by atoms with Crippen molar-refractivity contribution in [3.05, 3.63) is 47.8 Å². The molecule has 1 aromatic carbocycles. The second-order valence-electron chi connectivity index (χ2n) is 8.20. The minimum Gasteiger partial charge on any atom is -0.496 e. The van der Waals surface area contributed by atoms with Crippen LogP contribution in [0.15, 0.2) is 36.5 Å². The molecule has 2 saturated heterocycles. The molecule has 0 atom stereocenters. The maximum atomic E-state index is 5.62. The molecule has 7 heteroatoms. The van der Waals surface area contributed by atoms with E-state index in [1.165, 1.54) is 18.4 Å². The Labute approximate surface area is 179 Å². The van der Waals surface area contributed by atoms with Crippen LogP contribution < -0.4 is 9.64 Å². The quantitative estimate of drug-likeness (QED) is 0.694. The molecule has 2 fully saturated rings. The third-order valence-electron chi connectivity index (χ3n) is 6.13. The standard InChI is InChI=1S/C23H33N5O2/c1-26-11-8-21(9-12-26)28(17-19-5-3-4-6-22(19)29-2)18-20-7-10-24-23(25-20)27-13-15-30-16-14-27/h3-7,10,21H,8-9,11-18H2,1-2H3. The Morgan fingerprint density at radius 1 is 1.07 bits per heavy atom. The summed E-state index contributed by atoms with van der Waals surface area (Å²) < 4.78 is 11.1. The molecule has 0 spiro atoms. The van der Waals surface area contributed by atoms with Crippen molar-refractivity contribution in [2.24, 2.45) is 0 Å². The lowest BCUT2D eigenvalue weighted by Gasteiger charge is -2.37. The second kappa shape index (κ2) is 10.2. The fourth-order valence-electron chi connectivity index (χ4n) is 4.32. The van der Waals surface area contributed by atoms with E-state index in [2.05, 4.69) is 38.9 Å². The van der Waals surface area contributed by atoms with Gasteiger partial charge in [-0.2, -0.15) is 0 Å². The number of methoxy groups -OCH3 is 1. The minimum absolute atomic E-state index is 0.535. The van der Waals surface area contributed by atoms with E-state index < -0.39 is 0 Å². The van der Waals surface area contributed by atoms with Crippen LogP contribution in [0.25, 0.3) is 0 Å². The number of anilines is 1. The Hall–Kier alpha value is -2.22. The molecule has 3 heterocycles. The number of hydrogen-bond acceptors (Lipinski definition) is 7. The largest absolute Gasteiger partial charge is 0.496 e. The first-order valence-electron chi connectivity index (χ1n) is 10.9. The summed E-state index contributed by atoms with van der Waals surface area (Å²) in [6.45, 7) is 7.12. The molecule has 2 aromatic rings. The Morgan fingerprint density at radius 3 is 2.60 bits per heavy atom. The fourth-order valence-corrected chi connectivity index (χ4v) is 4.32. The molecule has 0 saturated carbocycles. The van der Waals surface area contributed by atoms with Crippen molar-refractivity contribution in [2.45, 2.75) is 32.0 Å². The molecule has 0 unspecified atom stereocenters. The molecular formula is C23H33N5O2. The number of para-hydroxylation sites is 1. The number of benzene rings is 1. The summed E-state index contributed by atoms with van der Waals surface area (Å²) in [4.78, 5) is 16.6. The van der Waals surface area contributed by atoms with Crippen LogP contribution in [-0.2, 0) is 17.8 Å². The highest BCUT2D eigenvalue weighted by molar-refractivity contribution is 5.33. The zero-order valence-electron chi connectivity index (χ0n) is 18.2. The van der Waals surface area contributed by atoms with Gasteiger partial charge in [-0.1, -0.05) is 18.2 Å². The lowest BCUT2D eigenvalue weighted by Crippen LogP contribution is -2.43. The molecule has 30 heavy (non-hydrogen) atoms. The highest BCUT2D eigenvalue weighted by atomic mass is 16.5. The van der Waals surface area contributed by atoms with Crippen LogP contribution in [0.2, 0.25) is 0 Å². The van der Waals surface area contributed by atoms with Crippen molar-refractivity contribution < 1.29 is 9.47 Å². The van der Waals surface area contributed by atoms with Crippen LogP contribution >= 0.6 is 0 Å². The molecule has 4 rings (SSSR count). The number of aromatic nitrogens is 2. The van der Waals surface area contributed by atoms with Gasteiger partial charge in [0.1, 0.15) is 5.75 Å². The average Bonchev–Trinajstić information content (AvgIpc) is 2.80. The normalized spacial score (nSPS) is 18.7. The zero-order chi connectivity index (χ0) is 20.8. The highest BCUT2D eigenvalue weighted by Gasteiger charge is 2.25. The third-order valence-corrected chi connectivity index (χ3v) is 6.13. The minimum atomic E-state index is 0.535. The lowest BCUT2D eigenvalue weighted by molar-refractivity contribution is 0.106. The van der Waals surface area contributed by atoms with Gasteiger partial charge in [-0.15, -0.1) is 0 Å². The van der Waals surface area contributed by atoms with E-state index in [0.29, 0.717) is 6.04 Å². The summed E-state index contributed by atoms with van der Waals surface area (Å²) in [7, 11) is 3.96. The highest BCUT2D eigenvalue weighted by Crippen LogP contribution is 2.25. The zero-order valence-corrected chi connectivity index (χ0v) is 18.2. The molecule has 2 aliphatic heterocycles. The smallest absolute Gasteiger partial charge is 0.225 e. The van der Waals surface area contributed by atoms with Gasteiger partial charge >= 0.3 is 0 Å². The number of morpholine rings is 1. The summed E-state index contributed by atoms with van der Waals surface area (Å²) in [6.07, 6.45) is 4.24. The number of rotatable bonds is 7. The van der Waals surface area contributed by atoms with Gasteiger partial charge in [-0.25, -0.2) is 9.97 Å². The monoisotopic (exact) mass is 411 g/mol. The summed E-state index contributed by atoms with van der Waals surface area (Å²) in [6, 6.07) is 10.9. The van der Waals surface area contributed by atoms with Crippen LogP contribution in [0.1, 0.15) is 24.1 Å². The van der Waals surface area contributed by atoms with E-state index >= 15 is 0 Å². The van der Waals surface area contributed by atoms with Crippen molar-refractivity contribution in [1.29, 1.82) is 0 Å². The lowest BCUT2D eigenvalue weighted by atomic mass is 10.0. The molecule has 0 aliphatic carbocycles. The Morgan fingerprint density at radius 2 is 1.83 bits per heavy atom. The number of nitrogens with zero attached hydrogens (tertiary/aromatic N) is 5. The molecule has 0 bridgehead atoms. The molecular weight excluding hydrogens is 378 g/mol. The number of ether oxygens (including phenoxy) is 2. The van der Waals surface area contributed by atoms with Crippen molar-refractivity contribution in [3.63, 3.8) is 0 Å². The molecule has 0 radical (unpaired) electrons. The predicted molar refractivity (Wildman–Crippen MR) is 118 cm³/mol. The Bertz CT molecular complexity index is 804. The van der Waals surface area contributed by atoms with Crippen LogP contribution in [0.3, 0.4) is 0 Å². The van der Waals surface area contributed by atoms with Crippen LogP contribution in [0, 0.1) is 0 Å². The van der Waals surface area contributed by atoms with Gasteiger partial charge in [0.05, 0.1) is 26.0 Å². The number of hydrogen-bond donors (Lipinski definition) is 0. The Kier molecular flexibility index (Phi) is 7.15. The summed E-state index contributed by atoms with van der Waals surface area (Å²) in [5, 5.41) is 0. The van der Waals surface area contributed by atoms with Gasteiger partial charge in [-0.3, -0.25) is 4.90 Å². The van der Waals surface area contributed by atoms with E-state index in [-0.39, 0.29) is 0 Å². The first kappa shape index (κ1) is 21.0. The van der Waals surface area contributed by atoms with Crippen LogP contribution in [0.5, 0.6) is 5.75 Å². The predicted octanol–water partition coefficient (Wildman–Crippen LogP) is 2.42. The van der Waals surface area contributed by atoms with Gasteiger partial charge in [0.15, 0.2) is 0 Å². The van der Waals surface area contributed by atoms with Gasteiger partial charge < -0.3 is 19.3 Å². The van der Waals surface area contributed by atoms with E-state index in [0.717, 1.165) is 69.9 Å². The second-order valence-corrected chi connectivity index (χ2v) is 8.20. The molecule has 162 valence electrons. The van der Waals surface area contributed by atoms with Crippen molar-refractivity contribution in [3.8, 4) is 5.75 Å². The van der Waals surface area contributed by atoms with E-state index in [1.807, 2.05) is 24.4 Å². The van der Waals surface area contributed by atoms with Gasteiger partial charge in [0.25, 0.3) is 0 Å². The number of piperidine rings is 1. The van der Waals surface area contributed by atoms with E-state index in [4.69, 9.17) is 14.5 Å². The molecule has 0 N–H and O–H groups in total. The topological polar surface area (TPSA) is 54.0 Å². The van der Waals surface area contributed by atoms with Crippen molar-refractivity contribution in [1.82, 2.24) is 19.8 Å². The van der Waals surface area contributed by atoms with Crippen molar-refractivity contribution in [2.75, 3.05) is 58.5 Å². The summed E-state index contributed by atoms with van der Waals surface area (Å²) in [5.74, 6) is 1.77.